The van der Waals surface area contributed by atoms with E-state index in [1.807, 2.05) is 31.2 Å². The second kappa shape index (κ2) is 6.23. The summed E-state index contributed by atoms with van der Waals surface area (Å²) in [5, 5.41) is 3.23. The molecule has 0 spiro atoms. The minimum Gasteiger partial charge on any atom is -0.491 e. The Hall–Kier alpha value is -2.30. The molecule has 1 aromatic heterocycles. The van der Waals surface area contributed by atoms with Crippen LogP contribution in [0.1, 0.15) is 25.8 Å². The Kier molecular flexibility index (Phi) is 4.40. The lowest BCUT2D eigenvalue weighted by Gasteiger charge is -2.14. The molecule has 5 heteroatoms. The number of benzene rings is 1. The Morgan fingerprint density at radius 2 is 2.15 bits per heavy atom. The van der Waals surface area contributed by atoms with Crippen molar-refractivity contribution in [3.63, 3.8) is 0 Å². The first-order valence-corrected chi connectivity index (χ1v) is 6.71. The molecule has 0 bridgehead atoms. The zero-order chi connectivity index (χ0) is 14.5. The molecule has 2 rings (SSSR count). The van der Waals surface area contributed by atoms with Crippen LogP contribution < -0.4 is 15.8 Å². The second-order valence-corrected chi connectivity index (χ2v) is 4.72. The summed E-state index contributed by atoms with van der Waals surface area (Å²) in [5.74, 6) is 2.02. The second-order valence-electron chi connectivity index (χ2n) is 4.72. The standard InChI is InChI=1S/C15H20N4O/c1-4-10(2)20-13-7-5-6-12(8-13)19-15-11(3)14(16)17-9-18-15/h5-10H,4H2,1-3H3,(H3,16,17,18,19). The highest BCUT2D eigenvalue weighted by Crippen LogP contribution is 2.24. The third-order valence-corrected chi connectivity index (χ3v) is 3.13. The first-order valence-electron chi connectivity index (χ1n) is 6.71. The summed E-state index contributed by atoms with van der Waals surface area (Å²) in [6.07, 6.45) is 2.62. The summed E-state index contributed by atoms with van der Waals surface area (Å²) in [4.78, 5) is 8.15. The highest BCUT2D eigenvalue weighted by atomic mass is 16.5. The maximum absolute atomic E-state index is 5.80. The highest BCUT2D eigenvalue weighted by Gasteiger charge is 2.06. The maximum Gasteiger partial charge on any atom is 0.138 e. The molecule has 5 nitrogen and oxygen atoms in total. The van der Waals surface area contributed by atoms with E-state index in [1.165, 1.54) is 6.33 Å². The lowest BCUT2D eigenvalue weighted by Crippen LogP contribution is -2.09. The van der Waals surface area contributed by atoms with E-state index in [0.29, 0.717) is 11.6 Å². The Balaban J connectivity index is 2.17. The van der Waals surface area contributed by atoms with Crippen LogP contribution in [0.15, 0.2) is 30.6 Å². The largest absolute Gasteiger partial charge is 0.491 e. The summed E-state index contributed by atoms with van der Waals surface area (Å²) >= 11 is 0. The van der Waals surface area contributed by atoms with Crippen molar-refractivity contribution in [1.29, 1.82) is 0 Å². The van der Waals surface area contributed by atoms with Gasteiger partial charge in [0.1, 0.15) is 23.7 Å². The van der Waals surface area contributed by atoms with Gasteiger partial charge in [-0.3, -0.25) is 0 Å². The monoisotopic (exact) mass is 272 g/mol. The van der Waals surface area contributed by atoms with Gasteiger partial charge in [-0.1, -0.05) is 13.0 Å². The van der Waals surface area contributed by atoms with E-state index in [9.17, 15) is 0 Å². The van der Waals surface area contributed by atoms with Crippen LogP contribution >= 0.6 is 0 Å². The Morgan fingerprint density at radius 3 is 2.90 bits per heavy atom. The van der Waals surface area contributed by atoms with Crippen LogP contribution in [-0.4, -0.2) is 16.1 Å². The van der Waals surface area contributed by atoms with E-state index in [1.54, 1.807) is 0 Å². The molecule has 1 atom stereocenters. The van der Waals surface area contributed by atoms with Crippen LogP contribution in [0, 0.1) is 6.92 Å². The van der Waals surface area contributed by atoms with Crippen molar-refractivity contribution < 1.29 is 4.74 Å². The molecular weight excluding hydrogens is 252 g/mol. The molecule has 0 aliphatic heterocycles. The molecular formula is C15H20N4O. The summed E-state index contributed by atoms with van der Waals surface area (Å²) in [7, 11) is 0. The number of hydrogen-bond donors (Lipinski definition) is 2. The highest BCUT2D eigenvalue weighted by molar-refractivity contribution is 5.64. The molecule has 0 saturated carbocycles. The van der Waals surface area contributed by atoms with Crippen LogP contribution in [0.3, 0.4) is 0 Å². The minimum absolute atomic E-state index is 0.196. The van der Waals surface area contributed by atoms with Gasteiger partial charge < -0.3 is 15.8 Å². The Labute approximate surface area is 119 Å². The lowest BCUT2D eigenvalue weighted by atomic mass is 10.2. The average Bonchev–Trinajstić information content (AvgIpc) is 2.44. The molecule has 0 saturated heterocycles. The van der Waals surface area contributed by atoms with Gasteiger partial charge in [-0.15, -0.1) is 0 Å². The molecule has 0 radical (unpaired) electrons. The average molecular weight is 272 g/mol. The zero-order valence-electron chi connectivity index (χ0n) is 12.1. The molecule has 3 N–H and O–H groups in total. The van der Waals surface area contributed by atoms with Crippen molar-refractivity contribution >= 4 is 17.3 Å². The fourth-order valence-electron chi connectivity index (χ4n) is 1.69. The number of hydrogen-bond acceptors (Lipinski definition) is 5. The summed E-state index contributed by atoms with van der Waals surface area (Å²) in [6.45, 7) is 6.03. The van der Waals surface area contributed by atoms with E-state index in [-0.39, 0.29) is 6.10 Å². The third-order valence-electron chi connectivity index (χ3n) is 3.13. The lowest BCUT2D eigenvalue weighted by molar-refractivity contribution is 0.217. The van der Waals surface area contributed by atoms with Crippen LogP contribution in [0.2, 0.25) is 0 Å². The maximum atomic E-state index is 5.80. The van der Waals surface area contributed by atoms with Gasteiger partial charge in [-0.05, 0) is 32.4 Å². The molecule has 1 unspecified atom stereocenters. The molecule has 20 heavy (non-hydrogen) atoms. The van der Waals surface area contributed by atoms with Gasteiger partial charge in [0.15, 0.2) is 0 Å². The molecule has 1 heterocycles. The molecule has 0 fully saturated rings. The fourth-order valence-corrected chi connectivity index (χ4v) is 1.69. The number of nitrogens with zero attached hydrogens (tertiary/aromatic N) is 2. The third kappa shape index (κ3) is 3.38. The number of nitrogens with two attached hydrogens (primary N) is 1. The van der Waals surface area contributed by atoms with Crippen LogP contribution in [0.25, 0.3) is 0 Å². The van der Waals surface area contributed by atoms with E-state index in [0.717, 1.165) is 23.4 Å². The molecule has 106 valence electrons. The predicted octanol–water partition coefficient (Wildman–Crippen LogP) is 3.29. The number of nitrogen functional groups attached to an aromatic ring is 1. The van der Waals surface area contributed by atoms with Crippen LogP contribution in [-0.2, 0) is 0 Å². The van der Waals surface area contributed by atoms with Gasteiger partial charge in [-0.2, -0.15) is 0 Å². The summed E-state index contributed by atoms with van der Waals surface area (Å²) in [6, 6.07) is 7.80. The molecule has 0 amide bonds. The minimum atomic E-state index is 0.196. The zero-order valence-corrected chi connectivity index (χ0v) is 12.1. The van der Waals surface area contributed by atoms with Crippen LogP contribution in [0.4, 0.5) is 17.3 Å². The van der Waals surface area contributed by atoms with Crippen LogP contribution in [0.5, 0.6) is 5.75 Å². The van der Waals surface area contributed by atoms with E-state index < -0.39 is 0 Å². The Bertz CT molecular complexity index is 586. The number of nitrogens with one attached hydrogen (secondary N) is 1. The van der Waals surface area contributed by atoms with Gasteiger partial charge in [0, 0.05) is 17.3 Å². The van der Waals surface area contributed by atoms with Gasteiger partial charge in [0.25, 0.3) is 0 Å². The molecule has 0 aliphatic rings. The first-order chi connectivity index (χ1) is 9.60. The first kappa shape index (κ1) is 14.1. The van der Waals surface area contributed by atoms with Crippen molar-refractivity contribution in [2.45, 2.75) is 33.3 Å². The number of rotatable bonds is 5. The van der Waals surface area contributed by atoms with E-state index in [4.69, 9.17) is 10.5 Å². The number of ether oxygens (including phenoxy) is 1. The van der Waals surface area contributed by atoms with Gasteiger partial charge in [0.05, 0.1) is 6.10 Å². The number of anilines is 3. The van der Waals surface area contributed by atoms with Gasteiger partial charge in [-0.25, -0.2) is 9.97 Å². The van der Waals surface area contributed by atoms with Crippen molar-refractivity contribution in [3.05, 3.63) is 36.2 Å². The predicted molar refractivity (Wildman–Crippen MR) is 81.3 cm³/mol. The molecule has 1 aromatic carbocycles. The fraction of sp³-hybridized carbons (Fsp3) is 0.333. The van der Waals surface area contributed by atoms with Gasteiger partial charge in [0.2, 0.25) is 0 Å². The SMILES string of the molecule is CCC(C)Oc1cccc(Nc2ncnc(N)c2C)c1. The van der Waals surface area contributed by atoms with Gasteiger partial charge >= 0.3 is 0 Å². The smallest absolute Gasteiger partial charge is 0.138 e. The van der Waals surface area contributed by atoms with Crippen molar-refractivity contribution in [1.82, 2.24) is 9.97 Å². The quantitative estimate of drug-likeness (QED) is 0.873. The topological polar surface area (TPSA) is 73.1 Å². The summed E-state index contributed by atoms with van der Waals surface area (Å²) in [5.41, 5.74) is 7.52. The molecule has 2 aromatic rings. The van der Waals surface area contributed by atoms with E-state index >= 15 is 0 Å². The normalized spacial score (nSPS) is 11.9. The summed E-state index contributed by atoms with van der Waals surface area (Å²) < 4.78 is 5.80. The van der Waals surface area contributed by atoms with Crippen molar-refractivity contribution in [2.24, 2.45) is 0 Å². The van der Waals surface area contributed by atoms with Crippen molar-refractivity contribution in [2.75, 3.05) is 11.1 Å². The Morgan fingerprint density at radius 1 is 1.35 bits per heavy atom. The van der Waals surface area contributed by atoms with E-state index in [2.05, 4.69) is 29.1 Å². The van der Waals surface area contributed by atoms with Crippen molar-refractivity contribution in [3.8, 4) is 5.75 Å². The molecule has 0 aliphatic carbocycles. The number of aromatic nitrogens is 2.